The number of aliphatic hydroxyl groups is 1. The number of hydrogen-bond donors (Lipinski definition) is 1. The lowest BCUT2D eigenvalue weighted by atomic mass is 9.61. The number of likely N-dealkylation sites (tertiary alicyclic amines) is 1. The Morgan fingerprint density at radius 3 is 2.37 bits per heavy atom. The van der Waals surface area contributed by atoms with Gasteiger partial charge in [-0.25, -0.2) is 8.42 Å². The number of amides is 1. The highest BCUT2D eigenvalue weighted by Gasteiger charge is 2.69. The topological polar surface area (TPSA) is 77.9 Å². The second kappa shape index (κ2) is 6.87. The zero-order valence-corrected chi connectivity index (χ0v) is 16.6. The average Bonchev–Trinajstić information content (AvgIpc) is 3.15. The van der Waals surface area contributed by atoms with Crippen LogP contribution in [0.4, 0.5) is 0 Å². The Morgan fingerprint density at radius 2 is 1.81 bits per heavy atom. The monoisotopic (exact) mass is 392 g/mol. The molecular weight excluding hydrogens is 364 g/mol. The van der Waals surface area contributed by atoms with Crippen LogP contribution in [0, 0.1) is 5.92 Å². The number of carbonyl (C=O) groups is 1. The molecule has 2 saturated heterocycles. The van der Waals surface area contributed by atoms with E-state index in [1.54, 1.807) is 6.92 Å². The summed E-state index contributed by atoms with van der Waals surface area (Å²) in [5, 5.41) is 10.1. The van der Waals surface area contributed by atoms with Gasteiger partial charge in [0.05, 0.1) is 23.9 Å². The van der Waals surface area contributed by atoms with Crippen molar-refractivity contribution in [2.24, 2.45) is 5.92 Å². The first-order chi connectivity index (χ1) is 12.9. The van der Waals surface area contributed by atoms with E-state index in [1.807, 2.05) is 35.2 Å². The van der Waals surface area contributed by atoms with Crippen molar-refractivity contribution in [3.8, 4) is 0 Å². The van der Waals surface area contributed by atoms with Crippen LogP contribution in [0.1, 0.15) is 44.1 Å². The van der Waals surface area contributed by atoms with Crippen molar-refractivity contribution in [2.75, 3.05) is 25.4 Å². The molecule has 2 aliphatic heterocycles. The van der Waals surface area contributed by atoms with Crippen molar-refractivity contribution in [1.82, 2.24) is 9.21 Å². The molecule has 4 rings (SSSR count). The van der Waals surface area contributed by atoms with E-state index in [1.165, 1.54) is 4.31 Å². The Hall–Kier alpha value is -1.44. The molecule has 1 spiro atoms. The Labute approximate surface area is 161 Å². The van der Waals surface area contributed by atoms with Crippen LogP contribution in [-0.4, -0.2) is 65.7 Å². The first kappa shape index (κ1) is 18.9. The Bertz CT molecular complexity index is 799. The molecule has 27 heavy (non-hydrogen) atoms. The lowest BCUT2D eigenvalue weighted by molar-refractivity contribution is -0.192. The molecule has 1 amide bonds. The summed E-state index contributed by atoms with van der Waals surface area (Å²) in [6, 6.07) is 9.62. The first-order valence-electron chi connectivity index (χ1n) is 9.91. The summed E-state index contributed by atoms with van der Waals surface area (Å²) in [6.07, 6.45) is 3.94. The maximum absolute atomic E-state index is 13.3. The van der Waals surface area contributed by atoms with Crippen molar-refractivity contribution in [1.29, 1.82) is 0 Å². The molecule has 0 unspecified atom stereocenters. The van der Waals surface area contributed by atoms with Crippen LogP contribution in [0.25, 0.3) is 0 Å². The number of hydrogen-bond acceptors (Lipinski definition) is 4. The molecule has 148 valence electrons. The Balaban J connectivity index is 1.67. The van der Waals surface area contributed by atoms with E-state index in [0.29, 0.717) is 13.1 Å². The van der Waals surface area contributed by atoms with Crippen LogP contribution in [0.3, 0.4) is 0 Å². The van der Waals surface area contributed by atoms with Gasteiger partial charge >= 0.3 is 0 Å². The van der Waals surface area contributed by atoms with Crippen molar-refractivity contribution >= 4 is 15.9 Å². The number of carbonyl (C=O) groups excluding carboxylic acids is 1. The molecule has 2 atom stereocenters. The maximum Gasteiger partial charge on any atom is 0.226 e. The highest BCUT2D eigenvalue weighted by molar-refractivity contribution is 7.89. The third-order valence-corrected chi connectivity index (χ3v) is 8.50. The van der Waals surface area contributed by atoms with Crippen molar-refractivity contribution in [2.45, 2.75) is 50.1 Å². The predicted octanol–water partition coefficient (Wildman–Crippen LogP) is 1.57. The Morgan fingerprint density at radius 1 is 1.19 bits per heavy atom. The van der Waals surface area contributed by atoms with E-state index in [-0.39, 0.29) is 36.1 Å². The minimum absolute atomic E-state index is 0.0180. The van der Waals surface area contributed by atoms with Gasteiger partial charge < -0.3 is 10.0 Å². The minimum Gasteiger partial charge on any atom is -0.394 e. The quantitative estimate of drug-likeness (QED) is 0.825. The van der Waals surface area contributed by atoms with Crippen LogP contribution in [0.15, 0.2) is 30.3 Å². The van der Waals surface area contributed by atoms with Crippen LogP contribution in [0.5, 0.6) is 0 Å². The first-order valence-corrected chi connectivity index (χ1v) is 11.5. The maximum atomic E-state index is 13.3. The van der Waals surface area contributed by atoms with Gasteiger partial charge in [0.2, 0.25) is 15.9 Å². The molecule has 1 aliphatic carbocycles. The molecule has 1 saturated carbocycles. The predicted molar refractivity (Wildman–Crippen MR) is 103 cm³/mol. The second-order valence-corrected chi connectivity index (χ2v) is 10.4. The van der Waals surface area contributed by atoms with Gasteiger partial charge in [0.15, 0.2) is 0 Å². The highest BCUT2D eigenvalue weighted by atomic mass is 32.2. The summed E-state index contributed by atoms with van der Waals surface area (Å²) in [7, 11) is -3.27. The van der Waals surface area contributed by atoms with Crippen molar-refractivity contribution in [3.05, 3.63) is 35.9 Å². The van der Waals surface area contributed by atoms with E-state index < -0.39 is 15.6 Å². The molecule has 1 aromatic rings. The van der Waals surface area contributed by atoms with E-state index in [4.69, 9.17) is 0 Å². The van der Waals surface area contributed by atoms with Gasteiger partial charge in [-0.15, -0.1) is 0 Å². The smallest absolute Gasteiger partial charge is 0.226 e. The largest absolute Gasteiger partial charge is 0.394 e. The third kappa shape index (κ3) is 2.82. The number of aliphatic hydroxyl groups excluding tert-OH is 1. The van der Waals surface area contributed by atoms with Gasteiger partial charge in [-0.05, 0) is 25.3 Å². The molecule has 3 fully saturated rings. The molecule has 1 aromatic carbocycles. The number of nitrogens with zero attached hydrogens (tertiary/aromatic N) is 2. The summed E-state index contributed by atoms with van der Waals surface area (Å²) in [4.78, 5) is 15.1. The molecule has 6 nitrogen and oxygen atoms in total. The SMILES string of the molecule is CCS(=O)(=O)N1CC2(C1)[C@@H](c1ccccc1)[C@@H](CO)N2C(=O)C1CCCC1. The number of rotatable bonds is 5. The molecule has 0 bridgehead atoms. The van der Waals surface area contributed by atoms with E-state index >= 15 is 0 Å². The summed E-state index contributed by atoms with van der Waals surface area (Å²) < 4.78 is 26.1. The van der Waals surface area contributed by atoms with Crippen LogP contribution in [0.2, 0.25) is 0 Å². The fraction of sp³-hybridized carbons (Fsp3) is 0.650. The summed E-state index contributed by atoms with van der Waals surface area (Å²) in [5.41, 5.74) is 0.553. The molecule has 1 N–H and O–H groups in total. The summed E-state index contributed by atoms with van der Waals surface area (Å²) in [5.74, 6) is 0.160. The van der Waals surface area contributed by atoms with Crippen molar-refractivity contribution < 1.29 is 18.3 Å². The lowest BCUT2D eigenvalue weighted by Gasteiger charge is -2.70. The normalized spacial score (nSPS) is 28.1. The fourth-order valence-electron chi connectivity index (χ4n) is 5.33. The van der Waals surface area contributed by atoms with Gasteiger partial charge in [0.1, 0.15) is 0 Å². The van der Waals surface area contributed by atoms with E-state index in [0.717, 1.165) is 31.2 Å². The standard InChI is InChI=1S/C20H28N2O4S/c1-2-27(25,26)21-13-20(14-21)18(15-8-4-3-5-9-15)17(12-23)22(20)19(24)16-10-6-7-11-16/h3-5,8-9,16-18,23H,2,6-7,10-14H2,1H3/t17-,18+/m1/s1. The van der Waals surface area contributed by atoms with Crippen molar-refractivity contribution in [3.63, 3.8) is 0 Å². The number of benzene rings is 1. The molecule has 3 aliphatic rings. The van der Waals surface area contributed by atoms with Gasteiger partial charge in [-0.3, -0.25) is 4.79 Å². The molecule has 7 heteroatoms. The van der Waals surface area contributed by atoms with Gasteiger partial charge in [-0.2, -0.15) is 4.31 Å². The van der Waals surface area contributed by atoms with Gasteiger partial charge in [0.25, 0.3) is 0 Å². The minimum atomic E-state index is -3.27. The van der Waals surface area contributed by atoms with E-state index in [2.05, 4.69) is 0 Å². The summed E-state index contributed by atoms with van der Waals surface area (Å²) >= 11 is 0. The third-order valence-electron chi connectivity index (χ3n) is 6.72. The molecule has 0 aromatic heterocycles. The van der Waals surface area contributed by atoms with Crippen LogP contribution < -0.4 is 0 Å². The molecule has 0 radical (unpaired) electrons. The zero-order chi connectivity index (χ0) is 19.2. The van der Waals surface area contributed by atoms with Gasteiger partial charge in [-0.1, -0.05) is 43.2 Å². The molecule has 2 heterocycles. The fourth-order valence-corrected chi connectivity index (χ4v) is 6.54. The second-order valence-electron chi connectivity index (χ2n) is 8.10. The van der Waals surface area contributed by atoms with E-state index in [9.17, 15) is 18.3 Å². The molecular formula is C20H28N2O4S. The zero-order valence-electron chi connectivity index (χ0n) is 15.8. The average molecular weight is 393 g/mol. The lowest BCUT2D eigenvalue weighted by Crippen LogP contribution is -2.86. The Kier molecular flexibility index (Phi) is 4.81. The van der Waals surface area contributed by atoms with Gasteiger partial charge in [0, 0.05) is 24.9 Å². The number of sulfonamides is 1. The summed E-state index contributed by atoms with van der Waals surface area (Å²) in [6.45, 7) is 2.21. The van der Waals surface area contributed by atoms with Crippen LogP contribution >= 0.6 is 0 Å². The van der Waals surface area contributed by atoms with Crippen LogP contribution in [-0.2, 0) is 14.8 Å². The highest BCUT2D eigenvalue weighted by Crippen LogP contribution is 2.55.